The molecule has 5 heteroatoms. The number of rotatable bonds is 4. The number of hydrogen-bond acceptors (Lipinski definition) is 4. The molecule has 112 valence electrons. The number of benzene rings is 2. The number of thioether (sulfide) groups is 1. The molecule has 22 heavy (non-hydrogen) atoms. The van der Waals surface area contributed by atoms with E-state index < -0.39 is 5.37 Å². The van der Waals surface area contributed by atoms with E-state index in [2.05, 4.69) is 5.32 Å². The van der Waals surface area contributed by atoms with E-state index in [1.54, 1.807) is 0 Å². The maximum absolute atomic E-state index is 12.4. The van der Waals surface area contributed by atoms with Gasteiger partial charge in [-0.3, -0.25) is 14.5 Å². The van der Waals surface area contributed by atoms with Crippen molar-refractivity contribution in [2.45, 2.75) is 18.8 Å². The van der Waals surface area contributed by atoms with E-state index in [1.165, 1.54) is 4.90 Å². The first-order chi connectivity index (χ1) is 10.6. The molecular formula is C17H16N2O2S. The Morgan fingerprint density at radius 3 is 2.41 bits per heavy atom. The summed E-state index contributed by atoms with van der Waals surface area (Å²) in [6.45, 7) is 2.32. The number of amides is 2. The SMILES string of the molecule is Cc1ccc(N[C@@H]2SC(=O)N(Cc3ccccc3)C2=O)cc1. The van der Waals surface area contributed by atoms with Crippen LogP contribution in [0.2, 0.25) is 0 Å². The number of carbonyl (C=O) groups is 2. The maximum atomic E-state index is 12.4. The van der Waals surface area contributed by atoms with Gasteiger partial charge in [0, 0.05) is 5.69 Å². The van der Waals surface area contributed by atoms with Crippen molar-refractivity contribution in [2.75, 3.05) is 5.32 Å². The van der Waals surface area contributed by atoms with Crippen molar-refractivity contribution in [1.82, 2.24) is 4.90 Å². The predicted octanol–water partition coefficient (Wildman–Crippen LogP) is 3.63. The summed E-state index contributed by atoms with van der Waals surface area (Å²) in [6.07, 6.45) is 0. The van der Waals surface area contributed by atoms with Gasteiger partial charge in [-0.1, -0.05) is 48.0 Å². The van der Waals surface area contributed by atoms with E-state index in [9.17, 15) is 9.59 Å². The largest absolute Gasteiger partial charge is 0.365 e. The van der Waals surface area contributed by atoms with E-state index in [0.717, 1.165) is 28.6 Å². The van der Waals surface area contributed by atoms with E-state index in [4.69, 9.17) is 0 Å². The molecule has 1 aliphatic heterocycles. The van der Waals surface area contributed by atoms with Crippen molar-refractivity contribution in [3.8, 4) is 0 Å². The van der Waals surface area contributed by atoms with Crippen molar-refractivity contribution in [2.24, 2.45) is 0 Å². The highest BCUT2D eigenvalue weighted by Crippen LogP contribution is 2.29. The zero-order valence-electron chi connectivity index (χ0n) is 12.2. The molecule has 1 saturated heterocycles. The van der Waals surface area contributed by atoms with Crippen LogP contribution in [-0.2, 0) is 11.3 Å². The lowest BCUT2D eigenvalue weighted by atomic mass is 10.2. The van der Waals surface area contributed by atoms with Crippen LogP contribution >= 0.6 is 11.8 Å². The number of nitrogens with one attached hydrogen (secondary N) is 1. The summed E-state index contributed by atoms with van der Waals surface area (Å²) in [5.41, 5.74) is 2.93. The molecule has 0 aromatic heterocycles. The fourth-order valence-corrected chi connectivity index (χ4v) is 3.15. The molecule has 0 bridgehead atoms. The van der Waals surface area contributed by atoms with Crippen molar-refractivity contribution >= 4 is 28.6 Å². The zero-order chi connectivity index (χ0) is 15.5. The fourth-order valence-electron chi connectivity index (χ4n) is 2.25. The Morgan fingerprint density at radius 1 is 1.05 bits per heavy atom. The lowest BCUT2D eigenvalue weighted by Crippen LogP contribution is -2.33. The van der Waals surface area contributed by atoms with Crippen molar-refractivity contribution < 1.29 is 9.59 Å². The molecule has 1 atom stereocenters. The lowest BCUT2D eigenvalue weighted by Gasteiger charge is -2.15. The molecule has 2 amide bonds. The first kappa shape index (κ1) is 14.7. The average Bonchev–Trinajstić information content (AvgIpc) is 2.78. The molecule has 0 spiro atoms. The molecule has 4 nitrogen and oxygen atoms in total. The lowest BCUT2D eigenvalue weighted by molar-refractivity contribution is -0.126. The highest BCUT2D eigenvalue weighted by atomic mass is 32.2. The summed E-state index contributed by atoms with van der Waals surface area (Å²) in [5.74, 6) is -0.195. The van der Waals surface area contributed by atoms with E-state index in [0.29, 0.717) is 6.54 Å². The predicted molar refractivity (Wildman–Crippen MR) is 88.6 cm³/mol. The number of nitrogens with zero attached hydrogens (tertiary/aromatic N) is 1. The van der Waals surface area contributed by atoms with Gasteiger partial charge in [0.2, 0.25) is 0 Å². The summed E-state index contributed by atoms with van der Waals surface area (Å²) in [4.78, 5) is 25.8. The van der Waals surface area contributed by atoms with E-state index in [1.807, 2.05) is 61.5 Å². The number of aryl methyl sites for hydroxylation is 1. The van der Waals surface area contributed by atoms with Crippen molar-refractivity contribution in [1.29, 1.82) is 0 Å². The van der Waals surface area contributed by atoms with Crippen LogP contribution < -0.4 is 5.32 Å². The van der Waals surface area contributed by atoms with Gasteiger partial charge >= 0.3 is 0 Å². The molecule has 0 unspecified atom stereocenters. The minimum atomic E-state index is -0.557. The van der Waals surface area contributed by atoms with Crippen molar-refractivity contribution in [3.63, 3.8) is 0 Å². The second kappa shape index (κ2) is 6.23. The number of imide groups is 1. The molecule has 1 N–H and O–H groups in total. The van der Waals surface area contributed by atoms with Crippen LogP contribution in [0.15, 0.2) is 54.6 Å². The molecule has 0 aliphatic carbocycles. The van der Waals surface area contributed by atoms with Crippen LogP contribution in [0.4, 0.5) is 10.5 Å². The topological polar surface area (TPSA) is 49.4 Å². The minimum absolute atomic E-state index is 0.195. The Bertz CT molecular complexity index is 686. The minimum Gasteiger partial charge on any atom is -0.365 e. The first-order valence-corrected chi connectivity index (χ1v) is 7.90. The fraction of sp³-hybridized carbons (Fsp3) is 0.176. The summed E-state index contributed by atoms with van der Waals surface area (Å²) in [5, 5.41) is 2.35. The first-order valence-electron chi connectivity index (χ1n) is 7.02. The molecule has 1 aliphatic rings. The molecule has 0 saturated carbocycles. The molecule has 1 fully saturated rings. The highest BCUT2D eigenvalue weighted by molar-refractivity contribution is 8.15. The maximum Gasteiger partial charge on any atom is 0.291 e. The Balaban J connectivity index is 1.70. The molecular weight excluding hydrogens is 296 g/mol. The Kier molecular flexibility index (Phi) is 4.15. The monoisotopic (exact) mass is 312 g/mol. The summed E-state index contributed by atoms with van der Waals surface area (Å²) in [7, 11) is 0. The van der Waals surface area contributed by atoms with E-state index >= 15 is 0 Å². The number of hydrogen-bond donors (Lipinski definition) is 1. The molecule has 2 aromatic rings. The van der Waals surface area contributed by atoms with Gasteiger partial charge in [-0.25, -0.2) is 0 Å². The van der Waals surface area contributed by atoms with Gasteiger partial charge in [0.05, 0.1) is 6.54 Å². The molecule has 2 aromatic carbocycles. The molecule has 1 heterocycles. The second-order valence-corrected chi connectivity index (χ2v) is 6.24. The Morgan fingerprint density at radius 2 is 1.73 bits per heavy atom. The van der Waals surface area contributed by atoms with Gasteiger partial charge in [0.15, 0.2) is 5.37 Å². The van der Waals surface area contributed by atoms with Crippen LogP contribution in [0.3, 0.4) is 0 Å². The van der Waals surface area contributed by atoms with Gasteiger partial charge in [-0.2, -0.15) is 0 Å². The number of carbonyl (C=O) groups excluding carboxylic acids is 2. The van der Waals surface area contributed by atoms with Crippen LogP contribution in [0.5, 0.6) is 0 Å². The van der Waals surface area contributed by atoms with Crippen LogP contribution in [-0.4, -0.2) is 21.4 Å². The summed E-state index contributed by atoms with van der Waals surface area (Å²) >= 11 is 1.03. The van der Waals surface area contributed by atoms with E-state index in [-0.39, 0.29) is 11.1 Å². The standard InChI is InChI=1S/C17H16N2O2S/c1-12-7-9-14(10-8-12)18-15-16(20)19(17(21)22-15)11-13-5-3-2-4-6-13/h2-10,15,18H,11H2,1H3/t15-/m1/s1. The van der Waals surface area contributed by atoms with Crippen LogP contribution in [0, 0.1) is 6.92 Å². The Hall–Kier alpha value is -2.27. The van der Waals surface area contributed by atoms with Crippen molar-refractivity contribution in [3.05, 3.63) is 65.7 Å². The third-order valence-corrected chi connectivity index (χ3v) is 4.44. The molecule has 3 rings (SSSR count). The van der Waals surface area contributed by atoms with Gasteiger partial charge in [0.1, 0.15) is 0 Å². The average molecular weight is 312 g/mol. The third-order valence-electron chi connectivity index (χ3n) is 3.46. The third kappa shape index (κ3) is 3.14. The van der Waals surface area contributed by atoms with Gasteiger partial charge in [0.25, 0.3) is 11.1 Å². The van der Waals surface area contributed by atoms with Gasteiger partial charge in [-0.15, -0.1) is 0 Å². The smallest absolute Gasteiger partial charge is 0.291 e. The number of anilines is 1. The Labute approximate surface area is 133 Å². The quantitative estimate of drug-likeness (QED) is 0.936. The summed E-state index contributed by atoms with van der Waals surface area (Å²) in [6, 6.07) is 17.3. The highest BCUT2D eigenvalue weighted by Gasteiger charge is 2.39. The molecule has 0 radical (unpaired) electrons. The zero-order valence-corrected chi connectivity index (χ0v) is 13.0. The second-order valence-electron chi connectivity index (χ2n) is 5.18. The van der Waals surface area contributed by atoms with Gasteiger partial charge in [-0.05, 0) is 36.4 Å². The van der Waals surface area contributed by atoms with Crippen LogP contribution in [0.1, 0.15) is 11.1 Å². The van der Waals surface area contributed by atoms with Crippen LogP contribution in [0.25, 0.3) is 0 Å². The normalized spacial score (nSPS) is 17.9. The van der Waals surface area contributed by atoms with Gasteiger partial charge < -0.3 is 5.32 Å². The summed E-state index contributed by atoms with van der Waals surface area (Å²) < 4.78 is 0.